The average molecular weight is 224 g/mol. The Kier molecular flexibility index (Phi) is 3.28. The van der Waals surface area contributed by atoms with Gasteiger partial charge in [-0.25, -0.2) is 0 Å². The Hall–Kier alpha value is -1.00. The topological polar surface area (TPSA) is 49.8 Å². The van der Waals surface area contributed by atoms with Crippen molar-refractivity contribution in [3.05, 3.63) is 35.9 Å². The standard InChI is InChI=1S/C11H12O3S/c12-10(13)7-15-6-9-11(14-9)8-4-2-1-3-5-8/h1-5,9,11H,6-7H2,(H,12,13)/t9-,11-/m0/s1. The molecule has 1 aliphatic rings. The Morgan fingerprint density at radius 1 is 1.40 bits per heavy atom. The molecule has 15 heavy (non-hydrogen) atoms. The van der Waals surface area contributed by atoms with Crippen molar-refractivity contribution in [3.63, 3.8) is 0 Å². The normalized spacial score (nSPS) is 23.7. The molecule has 0 bridgehead atoms. The molecular formula is C11H12O3S. The van der Waals surface area contributed by atoms with Crippen LogP contribution in [0.5, 0.6) is 0 Å². The number of carbonyl (C=O) groups is 1. The summed E-state index contributed by atoms with van der Waals surface area (Å²) in [5.74, 6) is 0.143. The zero-order valence-corrected chi connectivity index (χ0v) is 8.94. The second kappa shape index (κ2) is 4.68. The molecule has 80 valence electrons. The van der Waals surface area contributed by atoms with E-state index in [-0.39, 0.29) is 18.0 Å². The first-order valence-corrected chi connectivity index (χ1v) is 5.93. The van der Waals surface area contributed by atoms with Crippen LogP contribution in [0.1, 0.15) is 11.7 Å². The second-order valence-corrected chi connectivity index (χ2v) is 4.44. The minimum absolute atomic E-state index is 0.154. The summed E-state index contributed by atoms with van der Waals surface area (Å²) in [4.78, 5) is 10.3. The van der Waals surface area contributed by atoms with Gasteiger partial charge in [-0.1, -0.05) is 30.3 Å². The molecule has 0 saturated carbocycles. The van der Waals surface area contributed by atoms with E-state index in [2.05, 4.69) is 0 Å². The highest BCUT2D eigenvalue weighted by Gasteiger charge is 2.39. The van der Waals surface area contributed by atoms with Gasteiger partial charge >= 0.3 is 5.97 Å². The number of thioether (sulfide) groups is 1. The molecule has 1 N–H and O–H groups in total. The number of carboxylic acids is 1. The molecule has 1 aliphatic heterocycles. The largest absolute Gasteiger partial charge is 0.481 e. The van der Waals surface area contributed by atoms with Crippen molar-refractivity contribution in [1.82, 2.24) is 0 Å². The van der Waals surface area contributed by atoms with Crippen LogP contribution in [0.4, 0.5) is 0 Å². The van der Waals surface area contributed by atoms with Gasteiger partial charge in [0, 0.05) is 5.75 Å². The molecule has 0 radical (unpaired) electrons. The van der Waals surface area contributed by atoms with Crippen LogP contribution < -0.4 is 0 Å². The minimum Gasteiger partial charge on any atom is -0.481 e. The fourth-order valence-electron chi connectivity index (χ4n) is 1.47. The molecule has 1 aromatic rings. The summed E-state index contributed by atoms with van der Waals surface area (Å²) in [6, 6.07) is 10.0. The van der Waals surface area contributed by atoms with Gasteiger partial charge in [0.05, 0.1) is 11.9 Å². The van der Waals surface area contributed by atoms with Crippen molar-refractivity contribution in [3.8, 4) is 0 Å². The molecule has 1 aromatic carbocycles. The van der Waals surface area contributed by atoms with E-state index >= 15 is 0 Å². The van der Waals surface area contributed by atoms with Crippen LogP contribution >= 0.6 is 11.8 Å². The lowest BCUT2D eigenvalue weighted by atomic mass is 10.1. The maximum atomic E-state index is 10.3. The first-order chi connectivity index (χ1) is 7.27. The number of benzene rings is 1. The summed E-state index contributed by atoms with van der Waals surface area (Å²) in [5, 5.41) is 8.47. The van der Waals surface area contributed by atoms with Crippen LogP contribution in [0.2, 0.25) is 0 Å². The van der Waals surface area contributed by atoms with Gasteiger partial charge in [0.15, 0.2) is 0 Å². The van der Waals surface area contributed by atoms with Crippen LogP contribution in [0, 0.1) is 0 Å². The molecule has 0 aliphatic carbocycles. The van der Waals surface area contributed by atoms with Gasteiger partial charge in [-0.05, 0) is 5.56 Å². The molecule has 3 nitrogen and oxygen atoms in total. The SMILES string of the molecule is O=C(O)CSC[C@@H]1O[C@H]1c1ccccc1. The minimum atomic E-state index is -0.767. The van der Waals surface area contributed by atoms with Crippen molar-refractivity contribution in [2.45, 2.75) is 12.2 Å². The smallest absolute Gasteiger partial charge is 0.313 e. The van der Waals surface area contributed by atoms with E-state index in [9.17, 15) is 4.79 Å². The first kappa shape index (κ1) is 10.5. The number of aliphatic carboxylic acids is 1. The maximum absolute atomic E-state index is 10.3. The quantitative estimate of drug-likeness (QED) is 0.776. The van der Waals surface area contributed by atoms with Crippen LogP contribution in [-0.2, 0) is 9.53 Å². The zero-order valence-electron chi connectivity index (χ0n) is 8.13. The van der Waals surface area contributed by atoms with Crippen LogP contribution in [0.3, 0.4) is 0 Å². The van der Waals surface area contributed by atoms with Crippen LogP contribution in [0.25, 0.3) is 0 Å². The summed E-state index contributed by atoms with van der Waals surface area (Å²) >= 11 is 1.41. The van der Waals surface area contributed by atoms with E-state index in [0.717, 1.165) is 5.75 Å². The molecule has 2 atom stereocenters. The molecule has 0 aromatic heterocycles. The molecule has 4 heteroatoms. The van der Waals surface area contributed by atoms with E-state index in [1.807, 2.05) is 30.3 Å². The van der Waals surface area contributed by atoms with Crippen molar-refractivity contribution in [2.24, 2.45) is 0 Å². The molecule has 0 spiro atoms. The lowest BCUT2D eigenvalue weighted by Gasteiger charge is -1.95. The summed E-state index contributed by atoms with van der Waals surface area (Å²) in [5.41, 5.74) is 1.18. The summed E-state index contributed by atoms with van der Waals surface area (Å²) in [6.45, 7) is 0. The van der Waals surface area contributed by atoms with Gasteiger partial charge in [0.2, 0.25) is 0 Å². The maximum Gasteiger partial charge on any atom is 0.313 e. The number of carboxylic acid groups (broad SMARTS) is 1. The lowest BCUT2D eigenvalue weighted by molar-refractivity contribution is -0.133. The van der Waals surface area contributed by atoms with Crippen molar-refractivity contribution in [2.75, 3.05) is 11.5 Å². The Bertz CT molecular complexity index is 339. The highest BCUT2D eigenvalue weighted by atomic mass is 32.2. The van der Waals surface area contributed by atoms with Gasteiger partial charge in [0.1, 0.15) is 6.10 Å². The Morgan fingerprint density at radius 2 is 2.13 bits per heavy atom. The monoisotopic (exact) mass is 224 g/mol. The first-order valence-electron chi connectivity index (χ1n) is 4.77. The van der Waals surface area contributed by atoms with E-state index in [0.29, 0.717) is 0 Å². The van der Waals surface area contributed by atoms with Crippen molar-refractivity contribution in [1.29, 1.82) is 0 Å². The lowest BCUT2D eigenvalue weighted by Crippen LogP contribution is -2.01. The number of hydrogen-bond acceptors (Lipinski definition) is 3. The highest BCUT2D eigenvalue weighted by Crippen LogP contribution is 2.40. The Balaban J connectivity index is 1.75. The summed E-state index contributed by atoms with van der Waals surface area (Å²) < 4.78 is 5.47. The third-order valence-electron chi connectivity index (χ3n) is 2.22. The van der Waals surface area contributed by atoms with E-state index in [1.54, 1.807) is 0 Å². The molecule has 1 fully saturated rings. The summed E-state index contributed by atoms with van der Waals surface area (Å²) in [6.07, 6.45) is 0.365. The van der Waals surface area contributed by atoms with E-state index in [1.165, 1.54) is 17.3 Å². The molecule has 1 saturated heterocycles. The molecule has 0 unspecified atom stereocenters. The van der Waals surface area contributed by atoms with Crippen molar-refractivity contribution < 1.29 is 14.6 Å². The van der Waals surface area contributed by atoms with Crippen molar-refractivity contribution >= 4 is 17.7 Å². The Morgan fingerprint density at radius 3 is 2.80 bits per heavy atom. The highest BCUT2D eigenvalue weighted by molar-refractivity contribution is 7.99. The number of epoxide rings is 1. The second-order valence-electron chi connectivity index (χ2n) is 3.41. The average Bonchev–Trinajstić information content (AvgIpc) is 2.98. The van der Waals surface area contributed by atoms with E-state index in [4.69, 9.17) is 9.84 Å². The predicted octanol–water partition coefficient (Wildman–Crippen LogP) is 1.94. The van der Waals surface area contributed by atoms with Crippen LogP contribution in [-0.4, -0.2) is 28.7 Å². The Labute approximate surface area is 92.4 Å². The van der Waals surface area contributed by atoms with Gasteiger partial charge in [-0.2, -0.15) is 0 Å². The zero-order chi connectivity index (χ0) is 10.7. The molecule has 2 rings (SSSR count). The molecule has 0 amide bonds. The number of ether oxygens (including phenoxy) is 1. The van der Waals surface area contributed by atoms with Gasteiger partial charge in [-0.3, -0.25) is 4.79 Å². The molecular weight excluding hydrogens is 212 g/mol. The van der Waals surface area contributed by atoms with Gasteiger partial charge in [0.25, 0.3) is 0 Å². The fraction of sp³-hybridized carbons (Fsp3) is 0.364. The number of rotatable bonds is 5. The summed E-state index contributed by atoms with van der Waals surface area (Å²) in [7, 11) is 0. The molecule has 1 heterocycles. The predicted molar refractivity (Wildman–Crippen MR) is 59.0 cm³/mol. The van der Waals surface area contributed by atoms with Gasteiger partial charge < -0.3 is 9.84 Å². The fourth-order valence-corrected chi connectivity index (χ4v) is 2.25. The third kappa shape index (κ3) is 2.97. The van der Waals surface area contributed by atoms with Gasteiger partial charge in [-0.15, -0.1) is 11.8 Å². The number of hydrogen-bond donors (Lipinski definition) is 1. The third-order valence-corrected chi connectivity index (χ3v) is 3.23. The van der Waals surface area contributed by atoms with Crippen LogP contribution in [0.15, 0.2) is 30.3 Å². The van der Waals surface area contributed by atoms with E-state index < -0.39 is 5.97 Å².